The largest absolute Gasteiger partial charge is 0.395 e. The molecule has 1 saturated carbocycles. The Morgan fingerprint density at radius 3 is 2.83 bits per heavy atom. The van der Waals surface area contributed by atoms with E-state index in [1.807, 2.05) is 25.1 Å². The zero-order valence-electron chi connectivity index (χ0n) is 10.5. The number of hydrogen-bond donors (Lipinski definition) is 2. The molecule has 3 nitrogen and oxygen atoms in total. The molecule has 0 aliphatic heterocycles. The molecule has 94 valence electrons. The third-order valence-electron chi connectivity index (χ3n) is 3.05. The van der Waals surface area contributed by atoms with Gasteiger partial charge < -0.3 is 10.4 Å². The van der Waals surface area contributed by atoms with Crippen LogP contribution in [0.4, 0.5) is 0 Å². The van der Waals surface area contributed by atoms with Crippen molar-refractivity contribution in [2.24, 2.45) is 0 Å². The van der Waals surface area contributed by atoms with E-state index in [9.17, 15) is 4.79 Å². The summed E-state index contributed by atoms with van der Waals surface area (Å²) in [6.07, 6.45) is 2.50. The van der Waals surface area contributed by atoms with E-state index in [-0.39, 0.29) is 18.1 Å². The van der Waals surface area contributed by atoms with Gasteiger partial charge in [0.25, 0.3) is 5.91 Å². The van der Waals surface area contributed by atoms with Crippen LogP contribution in [-0.4, -0.2) is 23.2 Å². The van der Waals surface area contributed by atoms with Crippen LogP contribution in [0.15, 0.2) is 24.3 Å². The minimum absolute atomic E-state index is 0.0251. The molecule has 1 aliphatic rings. The summed E-state index contributed by atoms with van der Waals surface area (Å²) in [6, 6.07) is 7.30. The van der Waals surface area contributed by atoms with Gasteiger partial charge in [0.05, 0.1) is 12.2 Å². The van der Waals surface area contributed by atoms with Crippen molar-refractivity contribution < 1.29 is 9.90 Å². The van der Waals surface area contributed by atoms with Crippen LogP contribution in [0, 0.1) is 11.8 Å². The van der Waals surface area contributed by atoms with Crippen molar-refractivity contribution in [2.75, 3.05) is 6.61 Å². The third-order valence-corrected chi connectivity index (χ3v) is 3.05. The van der Waals surface area contributed by atoms with Gasteiger partial charge in [-0.05, 0) is 31.9 Å². The maximum absolute atomic E-state index is 12.1. The molecular formula is C15H17NO2. The summed E-state index contributed by atoms with van der Waals surface area (Å²) in [5.74, 6) is 5.71. The number of rotatable bonds is 3. The number of hydrogen-bond acceptors (Lipinski definition) is 2. The molecular weight excluding hydrogens is 226 g/mol. The predicted octanol–water partition coefficient (Wildman–Crippen LogP) is 1.70. The molecule has 2 N–H and O–H groups in total. The number of aliphatic hydroxyl groups is 1. The second kappa shape index (κ2) is 5.24. The topological polar surface area (TPSA) is 49.3 Å². The smallest absolute Gasteiger partial charge is 0.252 e. The molecule has 1 aliphatic carbocycles. The van der Waals surface area contributed by atoms with Gasteiger partial charge in [-0.25, -0.2) is 0 Å². The molecule has 0 heterocycles. The van der Waals surface area contributed by atoms with E-state index in [0.29, 0.717) is 17.5 Å². The van der Waals surface area contributed by atoms with Gasteiger partial charge in [0, 0.05) is 17.5 Å². The highest BCUT2D eigenvalue weighted by atomic mass is 16.2. The molecule has 0 atom stereocenters. The number of carbonyl (C=O) groups is 1. The summed E-state index contributed by atoms with van der Waals surface area (Å²) < 4.78 is 0. The Balaban J connectivity index is 2.16. The summed E-state index contributed by atoms with van der Waals surface area (Å²) in [5, 5.41) is 11.7. The van der Waals surface area contributed by atoms with E-state index in [1.54, 1.807) is 6.07 Å². The number of nitrogens with one attached hydrogen (secondary N) is 1. The normalized spacial score (nSPS) is 15.4. The average molecular weight is 243 g/mol. The zero-order valence-corrected chi connectivity index (χ0v) is 10.5. The van der Waals surface area contributed by atoms with E-state index in [4.69, 9.17) is 5.11 Å². The second-order valence-corrected chi connectivity index (χ2v) is 4.84. The van der Waals surface area contributed by atoms with Crippen LogP contribution >= 0.6 is 0 Å². The lowest BCUT2D eigenvalue weighted by Gasteiger charge is -2.12. The molecule has 0 spiro atoms. The summed E-state index contributed by atoms with van der Waals surface area (Å²) in [6.45, 7) is 2.09. The van der Waals surface area contributed by atoms with Gasteiger partial charge >= 0.3 is 0 Å². The van der Waals surface area contributed by atoms with E-state index in [1.165, 1.54) is 0 Å². The minimum Gasteiger partial charge on any atom is -0.395 e. The van der Waals surface area contributed by atoms with E-state index < -0.39 is 0 Å². The zero-order chi connectivity index (χ0) is 13.0. The van der Waals surface area contributed by atoms with E-state index in [2.05, 4.69) is 17.2 Å². The summed E-state index contributed by atoms with van der Waals surface area (Å²) in [7, 11) is 0. The first kappa shape index (κ1) is 12.7. The Labute approximate surface area is 107 Å². The highest BCUT2D eigenvalue weighted by Crippen LogP contribution is 2.34. The quantitative estimate of drug-likeness (QED) is 0.794. The van der Waals surface area contributed by atoms with Gasteiger partial charge in [0.1, 0.15) is 0 Å². The van der Waals surface area contributed by atoms with Crippen LogP contribution in [0.2, 0.25) is 0 Å². The first-order chi connectivity index (χ1) is 8.64. The Morgan fingerprint density at radius 2 is 2.17 bits per heavy atom. The fraction of sp³-hybridized carbons (Fsp3) is 0.400. The molecule has 0 radical (unpaired) electrons. The Hall–Kier alpha value is -1.79. The van der Waals surface area contributed by atoms with Crippen molar-refractivity contribution in [1.82, 2.24) is 5.32 Å². The van der Waals surface area contributed by atoms with Crippen LogP contribution in [0.1, 0.15) is 42.1 Å². The molecule has 0 aromatic heterocycles. The Morgan fingerprint density at radius 1 is 1.44 bits per heavy atom. The molecule has 1 aromatic rings. The summed E-state index contributed by atoms with van der Waals surface area (Å²) >= 11 is 0. The van der Waals surface area contributed by atoms with Crippen LogP contribution < -0.4 is 5.32 Å². The number of amides is 1. The first-order valence-electron chi connectivity index (χ1n) is 6.16. The fourth-order valence-corrected chi connectivity index (χ4v) is 1.66. The molecule has 0 saturated heterocycles. The highest BCUT2D eigenvalue weighted by Gasteiger charge is 2.38. The maximum Gasteiger partial charge on any atom is 0.252 e. The number of carbonyl (C=O) groups excluding carboxylic acids is 1. The van der Waals surface area contributed by atoms with Crippen molar-refractivity contribution in [2.45, 2.75) is 31.7 Å². The molecule has 1 aromatic carbocycles. The first-order valence-corrected chi connectivity index (χ1v) is 6.16. The second-order valence-electron chi connectivity index (χ2n) is 4.84. The monoisotopic (exact) mass is 243 g/mol. The molecule has 0 bridgehead atoms. The van der Waals surface area contributed by atoms with E-state index in [0.717, 1.165) is 12.8 Å². The molecule has 3 heteroatoms. The summed E-state index contributed by atoms with van der Waals surface area (Å²) in [4.78, 5) is 12.1. The lowest BCUT2D eigenvalue weighted by molar-refractivity contribution is 0.0935. The van der Waals surface area contributed by atoms with Gasteiger partial charge in [-0.3, -0.25) is 4.79 Å². The Kier molecular flexibility index (Phi) is 3.69. The van der Waals surface area contributed by atoms with Crippen LogP contribution in [-0.2, 0) is 0 Å². The molecule has 1 amide bonds. The van der Waals surface area contributed by atoms with Crippen LogP contribution in [0.3, 0.4) is 0 Å². The predicted molar refractivity (Wildman–Crippen MR) is 70.1 cm³/mol. The van der Waals surface area contributed by atoms with Gasteiger partial charge in [0.15, 0.2) is 0 Å². The summed E-state index contributed by atoms with van der Waals surface area (Å²) in [5.41, 5.74) is 1.30. The standard InChI is InChI=1S/C15H17NO2/c1-15(9-10-15)16-14(18)13-8-3-2-6-12(13)7-4-5-11-17/h2-3,6,8,17H,5,9-11H2,1H3,(H,16,18). The highest BCUT2D eigenvalue weighted by molar-refractivity contribution is 5.97. The van der Waals surface area contributed by atoms with Crippen molar-refractivity contribution in [3.63, 3.8) is 0 Å². The van der Waals surface area contributed by atoms with Gasteiger partial charge in [-0.2, -0.15) is 0 Å². The van der Waals surface area contributed by atoms with Gasteiger partial charge in [0.2, 0.25) is 0 Å². The van der Waals surface area contributed by atoms with Crippen LogP contribution in [0.25, 0.3) is 0 Å². The van der Waals surface area contributed by atoms with E-state index >= 15 is 0 Å². The maximum atomic E-state index is 12.1. The molecule has 18 heavy (non-hydrogen) atoms. The van der Waals surface area contributed by atoms with Crippen molar-refractivity contribution in [1.29, 1.82) is 0 Å². The SMILES string of the molecule is CC1(NC(=O)c2ccccc2C#CCCO)CC1. The van der Waals surface area contributed by atoms with Gasteiger partial charge in [-0.1, -0.05) is 24.0 Å². The van der Waals surface area contributed by atoms with Crippen molar-refractivity contribution in [3.05, 3.63) is 35.4 Å². The fourth-order valence-electron chi connectivity index (χ4n) is 1.66. The lowest BCUT2D eigenvalue weighted by atomic mass is 10.1. The number of benzene rings is 1. The third kappa shape index (κ3) is 3.12. The minimum atomic E-state index is -0.0658. The average Bonchev–Trinajstić information content (AvgIpc) is 3.07. The molecule has 2 rings (SSSR count). The van der Waals surface area contributed by atoms with Crippen molar-refractivity contribution in [3.8, 4) is 11.8 Å². The van der Waals surface area contributed by atoms with Crippen LogP contribution in [0.5, 0.6) is 0 Å². The molecule has 0 unspecified atom stereocenters. The van der Waals surface area contributed by atoms with Crippen molar-refractivity contribution >= 4 is 5.91 Å². The Bertz CT molecular complexity index is 507. The lowest BCUT2D eigenvalue weighted by Crippen LogP contribution is -2.34. The van der Waals surface area contributed by atoms with Gasteiger partial charge in [-0.15, -0.1) is 0 Å². The molecule has 1 fully saturated rings. The number of aliphatic hydroxyl groups excluding tert-OH is 1.